The molecule has 778 valence electrons. The van der Waals surface area contributed by atoms with Crippen molar-refractivity contribution in [3.8, 4) is 0 Å². The number of halogens is 2. The zero-order valence-electron chi connectivity index (χ0n) is 83.3. The summed E-state index contributed by atoms with van der Waals surface area (Å²) in [4.78, 5) is 40.3. The average molecular weight is 2200 g/mol. The quantitative estimate of drug-likeness (QED) is 0.0334. The minimum absolute atomic E-state index is 0.203. The smallest absolute Gasteiger partial charge is 0.222 e. The van der Waals surface area contributed by atoms with E-state index in [1.807, 2.05) is 20.2 Å². The standard InChI is InChI=1S/C17H28N3O4P.C16H28N3O4P.C15H24BrN2O3P.C15H26N3O4P.C15H25N2O3PS.C14H23BrN3O3P/c1-11-18-14(19-12(2)21)7-9-20(11)17-16(23-3)15(22)13(24-17)8-10-25(4,5)6;1-10-18-15(17)12(21-2)9-19(10)16-14(22-3)13(20)11(23-16)7-8-24(4,5)6;1-9-7-11(17)10(16)8-18(9)15-14(20)13(19)12(21-15)5-6-22(2,3)4;1-9-17-14(16)11(21-2)8-18(9)15-13(20)12(19)10(22-15)6-7-23(3,4)5;1-9-10(8-17(2)15(22)16-9)14-13(19)12(18)11(20-14)6-7-21(3,4)5;1-8-17-13(16)9(15)7-18(8)14-12(20)11(19)10(21-14)5-6-22(2,3)4/h7,9,13,15-17,22H,1,4,8,10H2,2-3,5-6H3,(H,18,19,21);9,11,13-14,16,20H,1,4,7-8H2,2-3,5-6H3,(H2,17,18);7-8,12-15,19-20H,1-2,5-6,17H2,3-4H3;8,10,12-13,15,19-20H,1,3,6-7H2,2,4-5H3,(H2,16,17);8,11-14,18-19H,3,6-7H2,1-2,4-5H3;7,10-12,14,19-20H,1-2,5-6H2,3-4H3,(H2,16,17)/t13-,15-,16-,17?;11-,13-,14-,16?;12-,13-,14-,15?;10-,12-,13-,15?;11-,12-,13-,14?;10-,11-,12-,14?/m111111/s1. The number of hydrogen-bond acceptors (Lipinski definition) is 36. The fourth-order valence-electron chi connectivity index (χ4n) is 15.8. The van der Waals surface area contributed by atoms with Crippen molar-refractivity contribution >= 4 is 152 Å². The van der Waals surface area contributed by atoms with Crippen LogP contribution >= 0.6 is 85.4 Å². The van der Waals surface area contributed by atoms with Crippen LogP contribution < -0.4 is 28.3 Å². The Kier molecular flexibility index (Phi) is 43.7. The topological polar surface area (TPSA) is 511 Å². The van der Waals surface area contributed by atoms with Gasteiger partial charge in [0, 0.05) is 75.6 Å². The molecule has 19 N–H and O–H groups in total. The highest BCUT2D eigenvalue weighted by molar-refractivity contribution is 9.12. The molecule has 0 radical (unpaired) electrons. The summed E-state index contributed by atoms with van der Waals surface area (Å²) in [5.41, 5.74) is 25.7. The van der Waals surface area contributed by atoms with E-state index in [1.54, 1.807) is 81.5 Å². The van der Waals surface area contributed by atoms with Gasteiger partial charge in [-0.3, -0.25) is 4.79 Å². The maximum Gasteiger partial charge on any atom is 0.222 e. The van der Waals surface area contributed by atoms with Gasteiger partial charge >= 0.3 is 0 Å². The molecule has 6 saturated heterocycles. The van der Waals surface area contributed by atoms with Crippen LogP contribution in [0.2, 0.25) is 0 Å². The molecule has 1 aromatic heterocycles. The van der Waals surface area contributed by atoms with E-state index in [4.69, 9.17) is 82.5 Å². The average Bonchev–Trinajstić information content (AvgIpc) is 1.64. The number of carbonyl (C=O) groups is 1. The predicted octanol–water partition coefficient (Wildman–Crippen LogP) is 6.08. The Balaban J connectivity index is 0.000000226. The van der Waals surface area contributed by atoms with Gasteiger partial charge in [-0.15, -0.1) is 79.1 Å². The van der Waals surface area contributed by atoms with Gasteiger partial charge < -0.3 is 156 Å². The first-order valence-electron chi connectivity index (χ1n) is 44.8. The number of amides is 1. The zero-order valence-corrected chi connectivity index (χ0v) is 92.6. The van der Waals surface area contributed by atoms with Gasteiger partial charge in [0.25, 0.3) is 0 Å². The molecule has 0 bridgehead atoms. The van der Waals surface area contributed by atoms with E-state index in [2.05, 4.69) is 213 Å². The third kappa shape index (κ3) is 33.5. The molecule has 6 unspecified atom stereocenters. The number of aliphatic hydroxyl groups is 10. The molecule has 24 atom stereocenters. The van der Waals surface area contributed by atoms with Crippen LogP contribution in [0.4, 0.5) is 0 Å². The lowest BCUT2D eigenvalue weighted by Gasteiger charge is -2.32. The van der Waals surface area contributed by atoms with Gasteiger partial charge in [-0.1, -0.05) is 32.9 Å². The molecule has 1 aromatic rings. The number of aliphatic imine (C=N–C) groups is 4. The molecule has 11 aliphatic heterocycles. The second kappa shape index (κ2) is 50.5. The number of rotatable bonds is 28. The highest BCUT2D eigenvalue weighted by Gasteiger charge is 2.53. The largest absolute Gasteiger partial charge is 0.491 e. The molecule has 0 saturated carbocycles. The number of methoxy groups -OCH3 is 4. The van der Waals surface area contributed by atoms with Crippen LogP contribution in [0, 0.1) is 11.7 Å². The SMILES string of the molecule is C=C1C=C(N)C(Br)=CN1C1O[C@H](CCP(=C)(C)C)[C@@H](O)[C@H]1O.C=C1N=C(N)C(Br)=CN1C1O[C@H](CCP(=C)(C)C)[C@@H](O)[C@H]1O.C=C1N=C(N)C(OC)=CN1C1O[C@H](CCP(=C)(C)C)[C@@H](O)[C@H]1O.C=C1N=C(N)C(OC)=CN1C1O[C@H](CCP(=C)(C)C)[C@@H](O)[C@H]1OC.C=C1N=C(NC(C)=O)C=CN1C1O[C@H](CCP(=C)(C)C)[C@@H](O)[C@H]1OC.C=P(C)(C)CC[C@H]1OC(c2cn(C)c(=S)nc2C)[C@H](O)[C@@H]1O. The first-order valence-corrected chi connectivity index (χ1v) is 65.1. The maximum absolute atomic E-state index is 11.1. The number of nitrogens with one attached hydrogen (secondary N) is 1. The number of aromatic nitrogens is 2. The lowest BCUT2D eigenvalue weighted by Crippen LogP contribution is -2.43. The van der Waals surface area contributed by atoms with Crippen LogP contribution in [-0.2, 0) is 59.2 Å². The molecule has 12 rings (SSSR count). The molecule has 12 heterocycles. The number of carbonyl (C=O) groups excluding carboxylic acids is 1. The van der Waals surface area contributed by atoms with Crippen molar-refractivity contribution in [3.05, 3.63) is 153 Å². The molecule has 6 fully saturated rings. The van der Waals surface area contributed by atoms with Crippen LogP contribution in [0.25, 0.3) is 0 Å². The summed E-state index contributed by atoms with van der Waals surface area (Å²) >= 11 is 11.8. The van der Waals surface area contributed by atoms with Gasteiger partial charge in [-0.2, -0.15) is 0 Å². The van der Waals surface area contributed by atoms with Crippen molar-refractivity contribution in [3.63, 3.8) is 0 Å². The third-order valence-electron chi connectivity index (χ3n) is 23.7. The zero-order chi connectivity index (χ0) is 104. The number of nitrogens with zero attached hydrogens (tertiary/aromatic N) is 11. The monoisotopic (exact) mass is 2190 g/mol. The van der Waals surface area contributed by atoms with Gasteiger partial charge in [-0.05, 0) is 219 Å². The lowest BCUT2D eigenvalue weighted by molar-refractivity contribution is -0.117. The summed E-state index contributed by atoms with van der Waals surface area (Å²) in [6, 6.07) is 0. The Morgan fingerprint density at radius 3 is 1.12 bits per heavy atom. The molecule has 37 nitrogen and oxygen atoms in total. The molecule has 1 amide bonds. The van der Waals surface area contributed by atoms with Crippen LogP contribution in [0.1, 0.15) is 62.8 Å². The molecule has 138 heavy (non-hydrogen) atoms. The first-order chi connectivity index (χ1) is 63.7. The normalized spacial score (nSPS) is 31.2. The minimum atomic E-state index is -1.23. The Morgan fingerprint density at radius 1 is 0.449 bits per heavy atom. The van der Waals surface area contributed by atoms with Gasteiger partial charge in [0.15, 0.2) is 59.1 Å². The summed E-state index contributed by atoms with van der Waals surface area (Å²) in [5, 5.41) is 106. The highest BCUT2D eigenvalue weighted by Crippen LogP contribution is 2.47. The van der Waals surface area contributed by atoms with E-state index < -0.39 is 170 Å². The van der Waals surface area contributed by atoms with Crippen LogP contribution in [0.5, 0.6) is 0 Å². The van der Waals surface area contributed by atoms with Gasteiger partial charge in [0.05, 0.1) is 72.2 Å². The maximum atomic E-state index is 11.1. The summed E-state index contributed by atoms with van der Waals surface area (Å²) in [7, 11) is 7.90. The number of aryl methyl sites for hydroxylation is 2. The van der Waals surface area contributed by atoms with Crippen molar-refractivity contribution < 1.29 is 103 Å². The Bertz CT molecular complexity index is 5150. The summed E-state index contributed by atoms with van der Waals surface area (Å²) < 4.78 is 60.5. The molecular formula is C92H154Br2N16O21P6S. The molecule has 0 spiro atoms. The number of aliphatic hydroxyl groups excluding tert-OH is 10. The van der Waals surface area contributed by atoms with E-state index in [1.165, 1.54) is 26.0 Å². The van der Waals surface area contributed by atoms with E-state index in [9.17, 15) is 55.9 Å². The number of nitrogens with two attached hydrogens (primary N) is 4. The molecule has 46 heteroatoms. The number of ether oxygens (including phenoxy) is 10. The van der Waals surface area contributed by atoms with Crippen LogP contribution in [0.3, 0.4) is 0 Å². The first kappa shape index (κ1) is 119. The van der Waals surface area contributed by atoms with E-state index in [-0.39, 0.29) is 35.9 Å². The predicted molar refractivity (Wildman–Crippen MR) is 580 cm³/mol. The van der Waals surface area contributed by atoms with Crippen molar-refractivity contribution in [1.82, 2.24) is 39.4 Å². The van der Waals surface area contributed by atoms with Crippen LogP contribution in [-0.4, -0.2) is 439 Å². The highest BCUT2D eigenvalue weighted by atomic mass is 79.9. The van der Waals surface area contributed by atoms with Crippen LogP contribution in [0.15, 0.2) is 157 Å². The Morgan fingerprint density at radius 2 is 0.761 bits per heavy atom. The van der Waals surface area contributed by atoms with Crippen molar-refractivity contribution in [2.75, 3.05) is 145 Å². The summed E-state index contributed by atoms with van der Waals surface area (Å²) in [6.45, 7) is 41.2. The van der Waals surface area contributed by atoms with E-state index >= 15 is 0 Å². The molecule has 11 aliphatic rings. The van der Waals surface area contributed by atoms with E-state index in [0.717, 1.165) is 61.1 Å². The number of amidine groups is 4. The van der Waals surface area contributed by atoms with Crippen molar-refractivity contribution in [2.45, 2.75) is 199 Å². The van der Waals surface area contributed by atoms with Gasteiger partial charge in [0.2, 0.25) is 5.91 Å². The van der Waals surface area contributed by atoms with Crippen molar-refractivity contribution in [1.29, 1.82) is 0 Å². The Hall–Kier alpha value is -5.57. The van der Waals surface area contributed by atoms with Gasteiger partial charge in [-0.25, -0.2) is 25.0 Å². The second-order valence-corrected chi connectivity index (χ2v) is 67.7. The third-order valence-corrected chi connectivity index (χ3v) is 34.1. The lowest BCUT2D eigenvalue weighted by atomic mass is 10.0. The fraction of sp³-hybridized carbons (Fsp3) is 0.598. The molecule has 0 aromatic carbocycles. The minimum Gasteiger partial charge on any atom is -0.491 e. The summed E-state index contributed by atoms with van der Waals surface area (Å²) in [5.74, 6) is 3.29. The van der Waals surface area contributed by atoms with E-state index in [0.29, 0.717) is 97.3 Å². The molecule has 0 aliphatic carbocycles. The molecular weight excluding hydrogens is 2040 g/mol. The van der Waals surface area contributed by atoms with Crippen molar-refractivity contribution in [2.24, 2.45) is 50.0 Å². The van der Waals surface area contributed by atoms with Gasteiger partial charge in [0.1, 0.15) is 114 Å². The second-order valence-electron chi connectivity index (χ2n) is 39.7. The Labute approximate surface area is 837 Å². The number of allylic oxidation sites excluding steroid dienone is 2. The number of hydrogen-bond donors (Lipinski definition) is 15. The fourth-order valence-corrected chi connectivity index (χ4v) is 22.4. The summed E-state index contributed by atoms with van der Waals surface area (Å²) in [6.07, 6.45) is 31.8.